The summed E-state index contributed by atoms with van der Waals surface area (Å²) >= 11 is 0. The first kappa shape index (κ1) is 14.8. The summed E-state index contributed by atoms with van der Waals surface area (Å²) in [5.74, 6) is 0.168. The number of hydrogen-bond acceptors (Lipinski definition) is 4. The zero-order chi connectivity index (χ0) is 18.1. The summed E-state index contributed by atoms with van der Waals surface area (Å²) in [4.78, 5) is 18.9. The van der Waals surface area contributed by atoms with Gasteiger partial charge in [-0.1, -0.05) is 12.1 Å². The van der Waals surface area contributed by atoms with Crippen LogP contribution in [0.25, 0.3) is 21.9 Å². The normalized spacial score (nSPS) is 15.6. The molecule has 3 aromatic rings. The van der Waals surface area contributed by atoms with E-state index in [2.05, 4.69) is 15.0 Å². The van der Waals surface area contributed by atoms with Crippen molar-refractivity contribution in [2.45, 2.75) is 19.3 Å². The molecule has 1 aliphatic rings. The molecular weight excluding hydrogens is 312 g/mol. The number of likely N-dealkylation sites (tertiary alicyclic amines) is 1. The fourth-order valence-corrected chi connectivity index (χ4v) is 3.42. The van der Waals surface area contributed by atoms with Crippen molar-refractivity contribution in [3.8, 4) is 11.1 Å². The van der Waals surface area contributed by atoms with Crippen LogP contribution in [0, 0.1) is 0 Å². The maximum atomic E-state index is 12.4. The highest BCUT2D eigenvalue weighted by Gasteiger charge is 2.15. The molecule has 0 bridgehead atoms. The van der Waals surface area contributed by atoms with Gasteiger partial charge in [-0.3, -0.25) is 19.4 Å². The van der Waals surface area contributed by atoms with E-state index in [1.165, 1.54) is 12.8 Å². The third-order valence-corrected chi connectivity index (χ3v) is 4.71. The molecule has 5 nitrogen and oxygen atoms in total. The van der Waals surface area contributed by atoms with Crippen molar-refractivity contribution in [3.63, 3.8) is 0 Å². The number of carbonyl (C=O) groups excluding carboxylic acids is 1. The topological polar surface area (TPSA) is 51.0 Å². The molecule has 0 spiro atoms. The van der Waals surface area contributed by atoms with Gasteiger partial charge in [-0.15, -0.1) is 0 Å². The molecule has 1 aliphatic heterocycles. The molecule has 1 aromatic carbocycles. The molecule has 1 fully saturated rings. The lowest BCUT2D eigenvalue weighted by Gasteiger charge is -2.13. The number of benzene rings is 1. The van der Waals surface area contributed by atoms with Gasteiger partial charge in [0.2, 0.25) is 0 Å². The van der Waals surface area contributed by atoms with E-state index in [4.69, 9.17) is 1.37 Å². The van der Waals surface area contributed by atoms with Gasteiger partial charge in [0, 0.05) is 36.1 Å². The third kappa shape index (κ3) is 3.61. The highest BCUT2D eigenvalue weighted by Crippen LogP contribution is 2.24. The number of aromatic nitrogens is 3. The summed E-state index contributed by atoms with van der Waals surface area (Å²) in [6.45, 7) is 2.51. The first-order valence-electron chi connectivity index (χ1n) is 9.22. The Balaban J connectivity index is 1.60. The van der Waals surface area contributed by atoms with Crippen LogP contribution in [-0.2, 0) is 18.3 Å². The van der Waals surface area contributed by atoms with E-state index in [0.29, 0.717) is 12.2 Å². The Hall–Kier alpha value is -2.53. The Bertz CT molecular complexity index is 960. The van der Waals surface area contributed by atoms with Gasteiger partial charge in [-0.2, -0.15) is 5.10 Å². The van der Waals surface area contributed by atoms with Gasteiger partial charge in [0.05, 0.1) is 20.5 Å². The van der Waals surface area contributed by atoms with Gasteiger partial charge in [0.15, 0.2) is 5.78 Å². The predicted octanol–water partition coefficient (Wildman–Crippen LogP) is 2.84. The van der Waals surface area contributed by atoms with E-state index in [1.807, 2.05) is 43.7 Å². The molecule has 0 N–H and O–H groups in total. The van der Waals surface area contributed by atoms with Crippen molar-refractivity contribution in [3.05, 3.63) is 48.5 Å². The summed E-state index contributed by atoms with van der Waals surface area (Å²) in [6.07, 6.45) is 6.65. The monoisotopic (exact) mass is 335 g/mol. The Morgan fingerprint density at radius 3 is 2.80 bits per heavy atom. The second kappa shape index (κ2) is 6.76. The molecule has 0 atom stereocenters. The fourth-order valence-electron chi connectivity index (χ4n) is 3.42. The molecule has 0 aliphatic carbocycles. The smallest absolute Gasteiger partial charge is 0.152 e. The van der Waals surface area contributed by atoms with Crippen LogP contribution >= 0.6 is 0 Å². The van der Waals surface area contributed by atoms with E-state index in [-0.39, 0.29) is 18.4 Å². The molecule has 0 unspecified atom stereocenters. The lowest BCUT2D eigenvalue weighted by Crippen LogP contribution is -2.27. The minimum absolute atomic E-state index is 0.168. The number of fused-ring (bicyclic) bond motifs is 1. The van der Waals surface area contributed by atoms with Gasteiger partial charge in [-0.25, -0.2) is 0 Å². The van der Waals surface area contributed by atoms with Crippen LogP contribution in [0.4, 0.5) is 0 Å². The molecule has 1 saturated heterocycles. The number of rotatable bonds is 5. The third-order valence-electron chi connectivity index (χ3n) is 4.71. The van der Waals surface area contributed by atoms with E-state index in [9.17, 15) is 4.79 Å². The van der Waals surface area contributed by atoms with Crippen LogP contribution in [0.1, 0.15) is 19.9 Å². The molecule has 25 heavy (non-hydrogen) atoms. The van der Waals surface area contributed by atoms with Crippen molar-refractivity contribution < 1.29 is 6.17 Å². The highest BCUT2D eigenvalue weighted by atomic mass is 16.1. The fraction of sp³-hybridized carbons (Fsp3) is 0.350. The van der Waals surface area contributed by atoms with Crippen molar-refractivity contribution in [1.29, 1.82) is 0 Å². The second-order valence-electron chi connectivity index (χ2n) is 6.76. The van der Waals surface area contributed by atoms with Crippen molar-refractivity contribution in [2.75, 3.05) is 19.6 Å². The molecule has 4 rings (SSSR count). The van der Waals surface area contributed by atoms with E-state index in [1.54, 1.807) is 4.68 Å². The van der Waals surface area contributed by atoms with Gasteiger partial charge in [-0.05, 0) is 49.0 Å². The first-order valence-corrected chi connectivity index (χ1v) is 8.72. The summed E-state index contributed by atoms with van der Waals surface area (Å²) in [5.41, 5.74) is 2.75. The number of Topliss-reactive ketones (excluding diaryl/α,β-unsaturated/α-hetero) is 1. The van der Waals surface area contributed by atoms with Crippen LogP contribution in [0.2, 0.25) is 0 Å². The molecule has 128 valence electrons. The maximum Gasteiger partial charge on any atom is 0.152 e. The average molecular weight is 335 g/mol. The molecule has 0 saturated carbocycles. The number of carbonyl (C=O) groups is 1. The Morgan fingerprint density at radius 1 is 1.20 bits per heavy atom. The van der Waals surface area contributed by atoms with E-state index in [0.717, 1.165) is 35.0 Å². The van der Waals surface area contributed by atoms with Crippen LogP contribution in [0.3, 0.4) is 0 Å². The Labute approximate surface area is 148 Å². The standard InChI is InChI=1S/C20H22N4O/c1-23-13-18(12-22-23)15-4-5-16-11-21-19(9-17(16)8-15)10-20(25)14-24-6-2-3-7-24/h4-5,8-9,11-13H,2-3,6-7,10,14H2,1H3/i11D. The number of nitrogens with zero attached hydrogens (tertiary/aromatic N) is 4. The minimum atomic E-state index is 0.168. The first-order chi connectivity index (χ1) is 12.6. The summed E-state index contributed by atoms with van der Waals surface area (Å²) in [5, 5.41) is 5.95. The van der Waals surface area contributed by atoms with Crippen molar-refractivity contribution in [2.24, 2.45) is 7.05 Å². The molecule has 0 radical (unpaired) electrons. The van der Waals surface area contributed by atoms with Crippen LogP contribution in [-0.4, -0.2) is 45.1 Å². The summed E-state index contributed by atoms with van der Waals surface area (Å²) in [6, 6.07) is 7.88. The van der Waals surface area contributed by atoms with Gasteiger partial charge >= 0.3 is 0 Å². The number of hydrogen-bond donors (Lipinski definition) is 0. The van der Waals surface area contributed by atoms with Crippen molar-refractivity contribution >= 4 is 16.6 Å². The van der Waals surface area contributed by atoms with Crippen LogP contribution in [0.5, 0.6) is 0 Å². The van der Waals surface area contributed by atoms with Crippen LogP contribution in [0.15, 0.2) is 42.8 Å². The SMILES string of the molecule is [2H]c1nc(CC(=O)CN2CCCC2)cc2cc(-c3cnn(C)c3)ccc12. The van der Waals surface area contributed by atoms with Crippen molar-refractivity contribution in [1.82, 2.24) is 19.7 Å². The summed E-state index contributed by atoms with van der Waals surface area (Å²) in [7, 11) is 1.89. The second-order valence-corrected chi connectivity index (χ2v) is 6.76. The number of aryl methyl sites for hydroxylation is 1. The highest BCUT2D eigenvalue weighted by molar-refractivity contribution is 5.88. The predicted molar refractivity (Wildman–Crippen MR) is 98.3 cm³/mol. The molecule has 5 heteroatoms. The van der Waals surface area contributed by atoms with Gasteiger partial charge in [0.25, 0.3) is 0 Å². The molecule has 2 aromatic heterocycles. The minimum Gasteiger partial charge on any atom is -0.298 e. The zero-order valence-corrected chi connectivity index (χ0v) is 14.4. The number of pyridine rings is 1. The summed E-state index contributed by atoms with van der Waals surface area (Å²) < 4.78 is 9.97. The zero-order valence-electron chi connectivity index (χ0n) is 15.4. The average Bonchev–Trinajstić information content (AvgIpc) is 3.26. The Morgan fingerprint density at radius 2 is 2.04 bits per heavy atom. The largest absolute Gasteiger partial charge is 0.298 e. The van der Waals surface area contributed by atoms with Gasteiger partial charge < -0.3 is 0 Å². The quantitative estimate of drug-likeness (QED) is 0.719. The lowest BCUT2D eigenvalue weighted by molar-refractivity contribution is -0.119. The van der Waals surface area contributed by atoms with Crippen LogP contribution < -0.4 is 0 Å². The molecule has 3 heterocycles. The van der Waals surface area contributed by atoms with E-state index < -0.39 is 0 Å². The number of ketones is 1. The lowest BCUT2D eigenvalue weighted by atomic mass is 10.0. The molecular formula is C20H22N4O. The molecule has 0 amide bonds. The van der Waals surface area contributed by atoms with E-state index >= 15 is 0 Å². The Kier molecular flexibility index (Phi) is 4.00. The maximum absolute atomic E-state index is 12.4. The van der Waals surface area contributed by atoms with Gasteiger partial charge in [0.1, 0.15) is 0 Å².